The number of amides is 2. The fourth-order valence-electron chi connectivity index (χ4n) is 3.24. The summed E-state index contributed by atoms with van der Waals surface area (Å²) in [6, 6.07) is 17.5. The van der Waals surface area contributed by atoms with Gasteiger partial charge in [-0.2, -0.15) is 5.10 Å². The lowest BCUT2D eigenvalue weighted by Crippen LogP contribution is -2.33. The summed E-state index contributed by atoms with van der Waals surface area (Å²) >= 11 is 0. The molecular weight excluding hydrogens is 376 g/mol. The molecule has 0 aliphatic rings. The smallest absolute Gasteiger partial charge is 0.319 e. The number of nitrogens with one attached hydrogen (secondary N) is 2. The second kappa shape index (κ2) is 9.96. The van der Waals surface area contributed by atoms with Crippen LogP contribution in [-0.2, 0) is 13.2 Å². The molecule has 0 aliphatic heterocycles. The molecule has 1 atom stereocenters. The van der Waals surface area contributed by atoms with E-state index in [4.69, 9.17) is 4.74 Å². The van der Waals surface area contributed by atoms with Crippen LogP contribution in [0, 0.1) is 26.7 Å². The molecule has 1 aromatic heterocycles. The van der Waals surface area contributed by atoms with Crippen LogP contribution in [0.4, 0.5) is 10.5 Å². The number of carbonyl (C=O) groups excluding carboxylic acids is 1. The Morgan fingerprint density at radius 1 is 1.10 bits per heavy atom. The van der Waals surface area contributed by atoms with E-state index in [1.807, 2.05) is 74.0 Å². The highest BCUT2D eigenvalue weighted by Crippen LogP contribution is 2.26. The standard InChI is InChI=1S/C24H30N4O2/c1-17-10-11-22(23(12-17)30-16-21-8-6-5-7-9-21)26-24(29)25-14-18(2)15-28-20(4)13-19(3)27-28/h5-13,18H,14-16H2,1-4H3,(H2,25,26,29). The Kier molecular flexibility index (Phi) is 7.12. The summed E-state index contributed by atoms with van der Waals surface area (Å²) in [5, 5.41) is 10.3. The zero-order chi connectivity index (χ0) is 21.5. The zero-order valence-corrected chi connectivity index (χ0v) is 18.1. The maximum atomic E-state index is 12.5. The first-order valence-electron chi connectivity index (χ1n) is 10.2. The van der Waals surface area contributed by atoms with E-state index >= 15 is 0 Å². The molecule has 30 heavy (non-hydrogen) atoms. The molecule has 2 aromatic carbocycles. The van der Waals surface area contributed by atoms with Crippen LogP contribution in [0.25, 0.3) is 0 Å². The number of aromatic nitrogens is 2. The second-order valence-corrected chi connectivity index (χ2v) is 7.82. The number of anilines is 1. The van der Waals surface area contributed by atoms with Gasteiger partial charge in [0.1, 0.15) is 12.4 Å². The van der Waals surface area contributed by atoms with Crippen LogP contribution in [0.1, 0.15) is 29.4 Å². The molecular formula is C24H30N4O2. The number of benzene rings is 2. The van der Waals surface area contributed by atoms with Crippen molar-refractivity contribution in [3.05, 3.63) is 77.1 Å². The molecule has 0 saturated carbocycles. The van der Waals surface area contributed by atoms with E-state index in [0.717, 1.165) is 29.1 Å². The van der Waals surface area contributed by atoms with Crippen molar-refractivity contribution in [1.29, 1.82) is 0 Å². The van der Waals surface area contributed by atoms with Crippen LogP contribution in [0.3, 0.4) is 0 Å². The van der Waals surface area contributed by atoms with E-state index in [9.17, 15) is 4.79 Å². The van der Waals surface area contributed by atoms with Gasteiger partial charge in [0, 0.05) is 18.8 Å². The first kappa shape index (κ1) is 21.4. The van der Waals surface area contributed by atoms with E-state index in [2.05, 4.69) is 28.7 Å². The summed E-state index contributed by atoms with van der Waals surface area (Å²) in [7, 11) is 0. The lowest BCUT2D eigenvalue weighted by molar-refractivity contribution is 0.249. The molecule has 1 heterocycles. The predicted molar refractivity (Wildman–Crippen MR) is 120 cm³/mol. The van der Waals surface area contributed by atoms with Gasteiger partial charge in [-0.25, -0.2) is 4.79 Å². The Morgan fingerprint density at radius 3 is 2.57 bits per heavy atom. The van der Waals surface area contributed by atoms with Gasteiger partial charge < -0.3 is 15.4 Å². The summed E-state index contributed by atoms with van der Waals surface area (Å²) in [4.78, 5) is 12.5. The number of hydrogen-bond acceptors (Lipinski definition) is 3. The third kappa shape index (κ3) is 6.11. The third-order valence-electron chi connectivity index (χ3n) is 4.82. The van der Waals surface area contributed by atoms with Gasteiger partial charge in [0.2, 0.25) is 0 Å². The Bertz CT molecular complexity index is 982. The number of aryl methyl sites for hydroxylation is 3. The molecule has 0 saturated heterocycles. The van der Waals surface area contributed by atoms with E-state index in [0.29, 0.717) is 24.6 Å². The van der Waals surface area contributed by atoms with Crippen molar-refractivity contribution in [1.82, 2.24) is 15.1 Å². The molecule has 0 bridgehead atoms. The molecule has 3 aromatic rings. The van der Waals surface area contributed by atoms with Crippen LogP contribution in [0.2, 0.25) is 0 Å². The van der Waals surface area contributed by atoms with Crippen LogP contribution >= 0.6 is 0 Å². The zero-order valence-electron chi connectivity index (χ0n) is 18.1. The molecule has 0 aliphatic carbocycles. The second-order valence-electron chi connectivity index (χ2n) is 7.82. The lowest BCUT2D eigenvalue weighted by atomic mass is 10.2. The van der Waals surface area contributed by atoms with Crippen molar-refractivity contribution in [3.63, 3.8) is 0 Å². The average molecular weight is 407 g/mol. The van der Waals surface area contributed by atoms with Gasteiger partial charge in [0.15, 0.2) is 0 Å². The molecule has 2 N–H and O–H groups in total. The van der Waals surface area contributed by atoms with E-state index in [1.54, 1.807) is 0 Å². The van der Waals surface area contributed by atoms with E-state index in [1.165, 1.54) is 0 Å². The highest BCUT2D eigenvalue weighted by atomic mass is 16.5. The van der Waals surface area contributed by atoms with Crippen LogP contribution < -0.4 is 15.4 Å². The van der Waals surface area contributed by atoms with Gasteiger partial charge in [0.25, 0.3) is 0 Å². The normalized spacial score (nSPS) is 11.7. The number of urea groups is 1. The van der Waals surface area contributed by atoms with Crippen molar-refractivity contribution in [2.24, 2.45) is 5.92 Å². The molecule has 6 nitrogen and oxygen atoms in total. The van der Waals surface area contributed by atoms with Gasteiger partial charge in [-0.1, -0.05) is 43.3 Å². The van der Waals surface area contributed by atoms with Gasteiger partial charge in [0.05, 0.1) is 11.4 Å². The predicted octanol–water partition coefficient (Wildman–Crippen LogP) is 4.85. The Balaban J connectivity index is 1.54. The highest BCUT2D eigenvalue weighted by molar-refractivity contribution is 5.91. The van der Waals surface area contributed by atoms with E-state index in [-0.39, 0.29) is 11.9 Å². The molecule has 158 valence electrons. The van der Waals surface area contributed by atoms with Crippen LogP contribution in [0.15, 0.2) is 54.6 Å². The molecule has 0 spiro atoms. The van der Waals surface area contributed by atoms with Gasteiger partial charge in [-0.3, -0.25) is 4.68 Å². The molecule has 2 amide bonds. The molecule has 0 radical (unpaired) electrons. The monoisotopic (exact) mass is 406 g/mol. The lowest BCUT2D eigenvalue weighted by Gasteiger charge is -2.16. The summed E-state index contributed by atoms with van der Waals surface area (Å²) in [6.07, 6.45) is 0. The Labute approximate surface area is 178 Å². The van der Waals surface area contributed by atoms with Crippen molar-refractivity contribution in [2.45, 2.75) is 40.8 Å². The minimum Gasteiger partial charge on any atom is -0.487 e. The molecule has 0 fully saturated rings. The molecule has 6 heteroatoms. The first-order chi connectivity index (χ1) is 14.4. The van der Waals surface area contributed by atoms with Gasteiger partial charge in [-0.05, 0) is 56.0 Å². The van der Waals surface area contributed by atoms with Crippen molar-refractivity contribution in [2.75, 3.05) is 11.9 Å². The van der Waals surface area contributed by atoms with Gasteiger partial charge >= 0.3 is 6.03 Å². The average Bonchev–Trinajstić information content (AvgIpc) is 3.04. The number of nitrogens with zero attached hydrogens (tertiary/aromatic N) is 2. The summed E-state index contributed by atoms with van der Waals surface area (Å²) < 4.78 is 7.95. The minimum atomic E-state index is -0.247. The topological polar surface area (TPSA) is 68.2 Å². The third-order valence-corrected chi connectivity index (χ3v) is 4.82. The SMILES string of the molecule is Cc1ccc(NC(=O)NCC(C)Cn2nc(C)cc2C)c(OCc2ccccc2)c1. The van der Waals surface area contributed by atoms with Gasteiger partial charge in [-0.15, -0.1) is 0 Å². The van der Waals surface area contributed by atoms with Crippen molar-refractivity contribution < 1.29 is 9.53 Å². The van der Waals surface area contributed by atoms with Crippen LogP contribution in [-0.4, -0.2) is 22.4 Å². The number of carbonyl (C=O) groups is 1. The summed E-state index contributed by atoms with van der Waals surface area (Å²) in [5.74, 6) is 0.908. The molecule has 3 rings (SSSR count). The number of hydrogen-bond donors (Lipinski definition) is 2. The van der Waals surface area contributed by atoms with Crippen molar-refractivity contribution in [3.8, 4) is 5.75 Å². The maximum Gasteiger partial charge on any atom is 0.319 e. The maximum absolute atomic E-state index is 12.5. The Morgan fingerprint density at radius 2 is 1.87 bits per heavy atom. The van der Waals surface area contributed by atoms with E-state index < -0.39 is 0 Å². The fourth-order valence-corrected chi connectivity index (χ4v) is 3.24. The highest BCUT2D eigenvalue weighted by Gasteiger charge is 2.12. The summed E-state index contributed by atoms with van der Waals surface area (Å²) in [6.45, 7) is 9.88. The molecule has 1 unspecified atom stereocenters. The Hall–Kier alpha value is -3.28. The summed E-state index contributed by atoms with van der Waals surface area (Å²) in [5.41, 5.74) is 4.94. The van der Waals surface area contributed by atoms with Crippen LogP contribution in [0.5, 0.6) is 5.75 Å². The first-order valence-corrected chi connectivity index (χ1v) is 10.2. The minimum absolute atomic E-state index is 0.247. The van der Waals surface area contributed by atoms with Crippen molar-refractivity contribution >= 4 is 11.7 Å². The fraction of sp³-hybridized carbons (Fsp3) is 0.333. The number of rotatable bonds is 8. The number of ether oxygens (including phenoxy) is 1. The quantitative estimate of drug-likeness (QED) is 0.562. The largest absolute Gasteiger partial charge is 0.487 e.